The van der Waals surface area contributed by atoms with E-state index in [1.54, 1.807) is 6.92 Å². The molecule has 1 amide bonds. The summed E-state index contributed by atoms with van der Waals surface area (Å²) in [7, 11) is 0. The molecule has 0 aliphatic rings. The van der Waals surface area contributed by atoms with Crippen molar-refractivity contribution in [1.82, 2.24) is 4.90 Å². The van der Waals surface area contributed by atoms with E-state index < -0.39 is 11.3 Å². The van der Waals surface area contributed by atoms with Gasteiger partial charge in [0.1, 0.15) is 0 Å². The zero-order valence-electron chi connectivity index (χ0n) is 11.0. The number of ether oxygens (including phenoxy) is 1. The first-order valence-electron chi connectivity index (χ1n) is 5.81. The van der Waals surface area contributed by atoms with Crippen molar-refractivity contribution in [3.63, 3.8) is 0 Å². The molecular weight excluding hydrogens is 330 g/mol. The van der Waals surface area contributed by atoms with Gasteiger partial charge in [-0.2, -0.15) is 13.3 Å². The van der Waals surface area contributed by atoms with Crippen molar-refractivity contribution in [2.75, 3.05) is 19.7 Å². The summed E-state index contributed by atoms with van der Waals surface area (Å²) in [6.07, 6.45) is 6.41. The summed E-state index contributed by atoms with van der Waals surface area (Å²) in [5, 5.41) is -0.556. The van der Waals surface area contributed by atoms with E-state index in [4.69, 9.17) is 16.3 Å². The van der Waals surface area contributed by atoms with Gasteiger partial charge >= 0.3 is 6.09 Å². The molecule has 0 aliphatic carbocycles. The Hall–Kier alpha value is 0.334. The van der Waals surface area contributed by atoms with Gasteiger partial charge in [-0.3, -0.25) is 4.79 Å². The van der Waals surface area contributed by atoms with Gasteiger partial charge in [-0.1, -0.05) is 0 Å². The summed E-state index contributed by atoms with van der Waals surface area (Å²) >= 11 is 5.28. The maximum absolute atomic E-state index is 11.5. The number of unbranched alkanes of at least 4 members (excludes halogenated alkanes) is 4. The van der Waals surface area contributed by atoms with E-state index in [-0.39, 0.29) is 39.3 Å². The molecule has 18 heavy (non-hydrogen) atoms. The Labute approximate surface area is 140 Å². The summed E-state index contributed by atoms with van der Waals surface area (Å²) < 4.78 is 4.84. The second-order valence-electron chi connectivity index (χ2n) is 3.54. The second kappa shape index (κ2) is 13.8. The molecule has 0 aromatic carbocycles. The van der Waals surface area contributed by atoms with E-state index in [1.807, 2.05) is 6.92 Å². The fraction of sp³-hybridized carbons (Fsp3) is 0.667. The van der Waals surface area contributed by atoms with Crippen molar-refractivity contribution < 1.29 is 47.0 Å². The van der Waals surface area contributed by atoms with Gasteiger partial charge in [-0.05, 0) is 25.1 Å². The molecule has 0 aromatic heterocycles. The number of rotatable bonds is 9. The van der Waals surface area contributed by atoms with Crippen molar-refractivity contribution in [1.29, 1.82) is 0 Å². The fourth-order valence-electron chi connectivity index (χ4n) is 1.28. The summed E-state index contributed by atoms with van der Waals surface area (Å²) in [4.78, 5) is 23.6. The van der Waals surface area contributed by atoms with Crippen molar-refractivity contribution in [2.45, 2.75) is 33.1 Å². The average molecular weight is 351 g/mol. The molecule has 4 nitrogen and oxygen atoms in total. The van der Waals surface area contributed by atoms with Crippen LogP contribution < -0.4 is 0 Å². The van der Waals surface area contributed by atoms with Gasteiger partial charge in [0.15, 0.2) is 0 Å². The quantitative estimate of drug-likeness (QED) is 0.365. The van der Waals surface area contributed by atoms with E-state index >= 15 is 0 Å². The van der Waals surface area contributed by atoms with Crippen LogP contribution in [0.4, 0.5) is 4.79 Å². The Morgan fingerprint density at radius 2 is 1.94 bits per heavy atom. The first-order chi connectivity index (χ1) is 8.11. The van der Waals surface area contributed by atoms with E-state index in [2.05, 4.69) is 12.8 Å². The first-order valence-corrected chi connectivity index (χ1v) is 6.19. The van der Waals surface area contributed by atoms with E-state index in [0.717, 1.165) is 19.3 Å². The summed E-state index contributed by atoms with van der Waals surface area (Å²) in [6, 6.07) is 0. The molecule has 0 bridgehead atoms. The van der Waals surface area contributed by atoms with E-state index in [9.17, 15) is 9.59 Å². The van der Waals surface area contributed by atoms with Crippen LogP contribution in [0.15, 0.2) is 0 Å². The predicted octanol–water partition coefficient (Wildman–Crippen LogP) is 2.81. The summed E-state index contributed by atoms with van der Waals surface area (Å²) in [5.74, 6) is 0. The number of carbonyl (C=O) groups is 2. The van der Waals surface area contributed by atoms with Crippen LogP contribution >= 0.6 is 11.6 Å². The van der Waals surface area contributed by atoms with Crippen molar-refractivity contribution in [2.24, 2.45) is 0 Å². The number of amides is 1. The van der Waals surface area contributed by atoms with Gasteiger partial charge in [-0.25, -0.2) is 17.6 Å². The third kappa shape index (κ3) is 11.4. The van der Waals surface area contributed by atoms with Gasteiger partial charge in [-0.15, -0.1) is 0 Å². The van der Waals surface area contributed by atoms with Crippen LogP contribution in [0.3, 0.4) is 0 Å². The Morgan fingerprint density at radius 1 is 1.28 bits per heavy atom. The minimum absolute atomic E-state index is 0. The number of hydrogen-bond donors (Lipinski definition) is 0. The molecule has 6 heteroatoms. The normalized spacial score (nSPS) is 9.50. The molecule has 0 N–H and O–H groups in total. The summed E-state index contributed by atoms with van der Waals surface area (Å²) in [6.45, 7) is 4.38. The number of halogens is 1. The standard InChI is InChI=1S/C12H20ClNO3.Y/c1-3-5-6-7-8-9-14(10-11(13)15)12(16)17-4-2;/h3,7H,4-6,8-10H2,1-2H3;/q-2;. The zero-order chi connectivity index (χ0) is 13.1. The topological polar surface area (TPSA) is 46.6 Å². The van der Waals surface area contributed by atoms with E-state index in [1.165, 1.54) is 4.90 Å². The molecule has 0 saturated carbocycles. The van der Waals surface area contributed by atoms with Gasteiger partial charge in [0.25, 0.3) is 0 Å². The summed E-state index contributed by atoms with van der Waals surface area (Å²) in [5.41, 5.74) is 0. The number of carbonyl (C=O) groups excluding carboxylic acids is 2. The van der Waals surface area contributed by atoms with E-state index in [0.29, 0.717) is 13.2 Å². The molecular formula is C12H20ClNO3Y-2. The van der Waals surface area contributed by atoms with Crippen molar-refractivity contribution >= 4 is 22.9 Å². The van der Waals surface area contributed by atoms with Crippen LogP contribution in [-0.2, 0) is 42.2 Å². The molecule has 0 unspecified atom stereocenters. The van der Waals surface area contributed by atoms with Gasteiger partial charge < -0.3 is 22.5 Å². The SMILES string of the molecule is C[CH-]CC[CH-]CCN(CC(=O)Cl)C(=O)OCC.[Y]. The average Bonchev–Trinajstić information content (AvgIpc) is 2.27. The third-order valence-electron chi connectivity index (χ3n) is 2.10. The Bertz CT molecular complexity index is 239. The van der Waals surface area contributed by atoms with Crippen LogP contribution in [0.5, 0.6) is 0 Å². The third-order valence-corrected chi connectivity index (χ3v) is 2.22. The van der Waals surface area contributed by atoms with Gasteiger partial charge in [0.05, 0.1) is 13.2 Å². The minimum atomic E-state index is -0.556. The van der Waals surface area contributed by atoms with Gasteiger partial charge in [0.2, 0.25) is 5.24 Å². The Morgan fingerprint density at radius 3 is 2.44 bits per heavy atom. The van der Waals surface area contributed by atoms with Crippen molar-refractivity contribution in [3.8, 4) is 0 Å². The molecule has 1 radical (unpaired) electrons. The monoisotopic (exact) mass is 350 g/mol. The smallest absolute Gasteiger partial charge is 0.410 e. The zero-order valence-corrected chi connectivity index (χ0v) is 14.6. The molecule has 0 aromatic rings. The molecule has 0 saturated heterocycles. The maximum atomic E-state index is 11.5. The van der Waals surface area contributed by atoms with Gasteiger partial charge in [0, 0.05) is 32.7 Å². The van der Waals surface area contributed by atoms with Crippen LogP contribution in [0.2, 0.25) is 0 Å². The molecule has 0 aliphatic heterocycles. The second-order valence-corrected chi connectivity index (χ2v) is 3.96. The Balaban J connectivity index is 0. The molecule has 0 spiro atoms. The number of hydrogen-bond acceptors (Lipinski definition) is 3. The maximum Gasteiger partial charge on any atom is 0.410 e. The van der Waals surface area contributed by atoms with Crippen LogP contribution in [0, 0.1) is 12.8 Å². The van der Waals surface area contributed by atoms with Crippen LogP contribution in [0.25, 0.3) is 0 Å². The Kier molecular flexibility index (Phi) is 15.8. The van der Waals surface area contributed by atoms with Crippen LogP contribution in [0.1, 0.15) is 33.1 Å². The first kappa shape index (κ1) is 20.6. The molecule has 0 rings (SSSR count). The largest absolute Gasteiger partial charge is 0.450 e. The molecule has 103 valence electrons. The fourth-order valence-corrected chi connectivity index (χ4v) is 1.42. The van der Waals surface area contributed by atoms with Crippen LogP contribution in [-0.4, -0.2) is 35.9 Å². The molecule has 0 fully saturated rings. The van der Waals surface area contributed by atoms with Crippen molar-refractivity contribution in [3.05, 3.63) is 12.8 Å². The predicted molar refractivity (Wildman–Crippen MR) is 67.6 cm³/mol. The molecule has 0 atom stereocenters. The minimum Gasteiger partial charge on any atom is -0.450 e. The number of nitrogens with zero attached hydrogens (tertiary/aromatic N) is 1. The molecule has 0 heterocycles.